The Balaban J connectivity index is 2.07. The van der Waals surface area contributed by atoms with Crippen LogP contribution in [0.15, 0.2) is 36.4 Å². The average molecular weight is 413 g/mol. The summed E-state index contributed by atoms with van der Waals surface area (Å²) in [6.07, 6.45) is 0.796. The molecule has 8 heteroatoms. The van der Waals surface area contributed by atoms with Crippen LogP contribution in [0.3, 0.4) is 0 Å². The molecule has 2 aromatic rings. The van der Waals surface area contributed by atoms with Gasteiger partial charge >= 0.3 is 0 Å². The van der Waals surface area contributed by atoms with Crippen molar-refractivity contribution in [1.82, 2.24) is 0 Å². The summed E-state index contributed by atoms with van der Waals surface area (Å²) >= 11 is 0. The van der Waals surface area contributed by atoms with Crippen molar-refractivity contribution in [2.24, 2.45) is 0 Å². The SMILES string of the molecule is CCC[NH+](CC(=O)Nc1ccccc1C)CC(=O)Nc1c([N+](=O)[O-])ccc(C)c1C. The predicted molar refractivity (Wildman–Crippen MR) is 117 cm³/mol. The topological polar surface area (TPSA) is 106 Å². The maximum absolute atomic E-state index is 12.6. The highest BCUT2D eigenvalue weighted by Gasteiger charge is 2.23. The number of anilines is 2. The van der Waals surface area contributed by atoms with Crippen LogP contribution < -0.4 is 15.5 Å². The standard InChI is InChI=1S/C22H28N4O4/c1-5-12-25(13-20(27)23-18-9-7-6-8-16(18)3)14-21(28)24-22-17(4)15(2)10-11-19(22)26(29)30/h6-11H,5,12-14H2,1-4H3,(H,23,27)(H,24,28)/p+1. The molecule has 30 heavy (non-hydrogen) atoms. The largest absolute Gasteiger partial charge is 0.321 e. The minimum Gasteiger partial charge on any atom is -0.321 e. The van der Waals surface area contributed by atoms with Crippen LogP contribution in [0.4, 0.5) is 17.1 Å². The number of aryl methyl sites for hydroxylation is 2. The smallest absolute Gasteiger partial charge is 0.293 e. The number of quaternary nitrogens is 1. The van der Waals surface area contributed by atoms with E-state index in [9.17, 15) is 19.7 Å². The molecule has 160 valence electrons. The zero-order valence-electron chi connectivity index (χ0n) is 17.9. The summed E-state index contributed by atoms with van der Waals surface area (Å²) in [6.45, 7) is 8.26. The first-order chi connectivity index (χ1) is 14.2. The predicted octanol–water partition coefficient (Wildman–Crippen LogP) is 2.39. The first-order valence-corrected chi connectivity index (χ1v) is 9.96. The third kappa shape index (κ3) is 6.12. The Kier molecular flexibility index (Phi) is 8.06. The van der Waals surface area contributed by atoms with Gasteiger partial charge in [-0.2, -0.15) is 0 Å². The molecule has 1 atom stereocenters. The van der Waals surface area contributed by atoms with E-state index in [4.69, 9.17) is 0 Å². The van der Waals surface area contributed by atoms with Gasteiger partial charge in [-0.15, -0.1) is 0 Å². The fraction of sp³-hybridized carbons (Fsp3) is 0.364. The van der Waals surface area contributed by atoms with Gasteiger partial charge in [0, 0.05) is 11.8 Å². The number of para-hydroxylation sites is 1. The van der Waals surface area contributed by atoms with Crippen LogP contribution in [0.25, 0.3) is 0 Å². The van der Waals surface area contributed by atoms with Gasteiger partial charge in [0.25, 0.3) is 17.5 Å². The van der Waals surface area contributed by atoms with Crippen LogP contribution in [0.2, 0.25) is 0 Å². The zero-order valence-corrected chi connectivity index (χ0v) is 17.9. The quantitative estimate of drug-likeness (QED) is 0.433. The Morgan fingerprint density at radius 3 is 2.20 bits per heavy atom. The molecule has 0 aliphatic heterocycles. The maximum Gasteiger partial charge on any atom is 0.293 e. The van der Waals surface area contributed by atoms with Crippen LogP contribution in [-0.4, -0.2) is 36.4 Å². The number of nitrogens with one attached hydrogen (secondary N) is 3. The molecule has 1 unspecified atom stereocenters. The number of nitrogens with zero attached hydrogens (tertiary/aromatic N) is 1. The van der Waals surface area contributed by atoms with Crippen molar-refractivity contribution in [2.45, 2.75) is 34.1 Å². The van der Waals surface area contributed by atoms with Gasteiger partial charge in [-0.25, -0.2) is 0 Å². The summed E-state index contributed by atoms with van der Waals surface area (Å²) in [5.74, 6) is -0.544. The molecule has 0 bridgehead atoms. The zero-order chi connectivity index (χ0) is 22.3. The molecule has 0 radical (unpaired) electrons. The number of carbonyl (C=O) groups is 2. The van der Waals surface area contributed by atoms with E-state index in [-0.39, 0.29) is 36.3 Å². The summed E-state index contributed by atoms with van der Waals surface area (Å²) in [6, 6.07) is 10.5. The molecule has 2 amide bonds. The van der Waals surface area contributed by atoms with E-state index in [0.29, 0.717) is 12.1 Å². The molecule has 2 rings (SSSR count). The van der Waals surface area contributed by atoms with E-state index in [0.717, 1.165) is 28.1 Å². The highest BCUT2D eigenvalue weighted by atomic mass is 16.6. The van der Waals surface area contributed by atoms with Gasteiger partial charge in [0.15, 0.2) is 13.1 Å². The van der Waals surface area contributed by atoms with Crippen molar-refractivity contribution in [3.05, 3.63) is 63.2 Å². The molecule has 8 nitrogen and oxygen atoms in total. The third-order valence-electron chi connectivity index (χ3n) is 5.02. The second-order valence-corrected chi connectivity index (χ2v) is 7.42. The minimum atomic E-state index is -0.506. The number of nitro groups is 1. The summed E-state index contributed by atoms with van der Waals surface area (Å²) < 4.78 is 0. The van der Waals surface area contributed by atoms with Crippen molar-refractivity contribution in [3.63, 3.8) is 0 Å². The van der Waals surface area contributed by atoms with Crippen LogP contribution in [0, 0.1) is 30.9 Å². The summed E-state index contributed by atoms with van der Waals surface area (Å²) in [7, 11) is 0. The number of carbonyl (C=O) groups excluding carboxylic acids is 2. The van der Waals surface area contributed by atoms with Crippen LogP contribution >= 0.6 is 0 Å². The monoisotopic (exact) mass is 413 g/mol. The first kappa shape index (κ1) is 23.0. The van der Waals surface area contributed by atoms with Gasteiger partial charge in [-0.05, 0) is 49.9 Å². The van der Waals surface area contributed by atoms with Crippen LogP contribution in [-0.2, 0) is 9.59 Å². The maximum atomic E-state index is 12.6. The number of hydrogen-bond donors (Lipinski definition) is 3. The van der Waals surface area contributed by atoms with E-state index in [2.05, 4.69) is 10.6 Å². The Hall–Kier alpha value is -3.26. The number of amides is 2. The van der Waals surface area contributed by atoms with Gasteiger partial charge in [0.2, 0.25) is 0 Å². The van der Waals surface area contributed by atoms with Crippen molar-refractivity contribution in [2.75, 3.05) is 30.3 Å². The summed E-state index contributed by atoms with van der Waals surface area (Å²) in [4.78, 5) is 36.7. The van der Waals surface area contributed by atoms with E-state index in [1.165, 1.54) is 6.07 Å². The number of nitro benzene ring substituents is 1. The van der Waals surface area contributed by atoms with Crippen LogP contribution in [0.1, 0.15) is 30.0 Å². The second kappa shape index (κ2) is 10.5. The second-order valence-electron chi connectivity index (χ2n) is 7.42. The van der Waals surface area contributed by atoms with E-state index in [1.807, 2.05) is 45.0 Å². The molecular weight excluding hydrogens is 384 g/mol. The lowest BCUT2D eigenvalue weighted by Crippen LogP contribution is -3.14. The molecule has 3 N–H and O–H groups in total. The fourth-order valence-electron chi connectivity index (χ4n) is 3.25. The Morgan fingerprint density at radius 2 is 1.60 bits per heavy atom. The lowest BCUT2D eigenvalue weighted by molar-refractivity contribution is -0.883. The van der Waals surface area contributed by atoms with Crippen molar-refractivity contribution >= 4 is 28.9 Å². The lowest BCUT2D eigenvalue weighted by Gasteiger charge is -2.19. The van der Waals surface area contributed by atoms with E-state index < -0.39 is 4.92 Å². The molecule has 0 saturated carbocycles. The molecule has 0 fully saturated rings. The van der Waals surface area contributed by atoms with Gasteiger partial charge in [0.05, 0.1) is 11.5 Å². The Morgan fingerprint density at radius 1 is 0.967 bits per heavy atom. The van der Waals surface area contributed by atoms with Crippen molar-refractivity contribution < 1.29 is 19.4 Å². The van der Waals surface area contributed by atoms with Gasteiger partial charge < -0.3 is 15.5 Å². The summed E-state index contributed by atoms with van der Waals surface area (Å²) in [5, 5.41) is 16.9. The van der Waals surface area contributed by atoms with Gasteiger partial charge in [-0.1, -0.05) is 31.2 Å². The molecule has 2 aromatic carbocycles. The third-order valence-corrected chi connectivity index (χ3v) is 5.02. The van der Waals surface area contributed by atoms with Gasteiger partial charge in [0.1, 0.15) is 5.69 Å². The number of rotatable bonds is 9. The molecular formula is C22H29N4O4+. The Bertz CT molecular complexity index is 943. The lowest BCUT2D eigenvalue weighted by atomic mass is 10.1. The van der Waals surface area contributed by atoms with Crippen molar-refractivity contribution in [3.8, 4) is 0 Å². The molecule has 0 spiro atoms. The average Bonchev–Trinajstić information content (AvgIpc) is 2.67. The normalized spacial score (nSPS) is 11.6. The Labute approximate surface area is 176 Å². The van der Waals surface area contributed by atoms with E-state index >= 15 is 0 Å². The van der Waals surface area contributed by atoms with Crippen molar-refractivity contribution in [1.29, 1.82) is 0 Å². The molecule has 0 saturated heterocycles. The number of hydrogen-bond acceptors (Lipinski definition) is 4. The molecule has 0 heterocycles. The first-order valence-electron chi connectivity index (χ1n) is 9.96. The molecule has 0 aliphatic rings. The minimum absolute atomic E-state index is 0.0412. The highest BCUT2D eigenvalue weighted by Crippen LogP contribution is 2.29. The number of benzene rings is 2. The van der Waals surface area contributed by atoms with Gasteiger partial charge in [-0.3, -0.25) is 19.7 Å². The fourth-order valence-corrected chi connectivity index (χ4v) is 3.25. The molecule has 0 aliphatic carbocycles. The highest BCUT2D eigenvalue weighted by molar-refractivity contribution is 5.95. The van der Waals surface area contributed by atoms with E-state index in [1.54, 1.807) is 13.0 Å². The summed E-state index contributed by atoms with van der Waals surface area (Å²) in [5.41, 5.74) is 3.29. The van der Waals surface area contributed by atoms with Crippen LogP contribution in [0.5, 0.6) is 0 Å². The molecule has 0 aromatic heterocycles.